The van der Waals surface area contributed by atoms with E-state index in [1.807, 2.05) is 10.9 Å². The van der Waals surface area contributed by atoms with Crippen LogP contribution in [0.3, 0.4) is 0 Å². The highest BCUT2D eigenvalue weighted by molar-refractivity contribution is 4.96. The van der Waals surface area contributed by atoms with Gasteiger partial charge < -0.3 is 15.3 Å². The van der Waals surface area contributed by atoms with Gasteiger partial charge in [-0.15, -0.1) is 5.10 Å². The predicted octanol–water partition coefficient (Wildman–Crippen LogP) is -0.156. The van der Waals surface area contributed by atoms with Crippen LogP contribution in [0.1, 0.15) is 25.0 Å². The summed E-state index contributed by atoms with van der Waals surface area (Å²) in [6, 6.07) is 0.616. The Morgan fingerprint density at radius 2 is 2.21 bits per heavy atom. The molecule has 4 heterocycles. The fraction of sp³-hybridized carbons (Fsp3) is 0.846. The molecule has 1 atom stereocenters. The summed E-state index contributed by atoms with van der Waals surface area (Å²) in [5.74, 6) is 0.842. The normalized spacial score (nSPS) is 29.8. The van der Waals surface area contributed by atoms with E-state index in [1.165, 1.54) is 32.5 Å². The summed E-state index contributed by atoms with van der Waals surface area (Å²) in [4.78, 5) is 2.55. The summed E-state index contributed by atoms with van der Waals surface area (Å²) in [5, 5.41) is 20.7. The van der Waals surface area contributed by atoms with Gasteiger partial charge in [-0.25, -0.2) is 0 Å². The van der Waals surface area contributed by atoms with E-state index in [1.54, 1.807) is 0 Å². The van der Waals surface area contributed by atoms with E-state index < -0.39 is 0 Å². The topological polar surface area (TPSA) is 66.2 Å². The number of hydrogen-bond donors (Lipinski definition) is 2. The number of aliphatic hydroxyl groups excluding tert-OH is 1. The van der Waals surface area contributed by atoms with Crippen LogP contribution in [0.4, 0.5) is 0 Å². The second kappa shape index (κ2) is 5.98. The molecule has 0 aromatic carbocycles. The van der Waals surface area contributed by atoms with Crippen molar-refractivity contribution in [1.29, 1.82) is 0 Å². The lowest BCUT2D eigenvalue weighted by atomic mass is 9.84. The highest BCUT2D eigenvalue weighted by Crippen LogP contribution is 2.27. The largest absolute Gasteiger partial charge is 0.396 e. The minimum absolute atomic E-state index is 0.201. The van der Waals surface area contributed by atoms with Crippen molar-refractivity contribution in [2.24, 2.45) is 5.92 Å². The number of aromatic nitrogens is 3. The molecule has 2 N–H and O–H groups in total. The molecule has 4 rings (SSSR count). The van der Waals surface area contributed by atoms with Gasteiger partial charge in [0.25, 0.3) is 0 Å². The third kappa shape index (κ3) is 3.13. The first kappa shape index (κ1) is 13.0. The maximum atomic E-state index is 8.79. The summed E-state index contributed by atoms with van der Waals surface area (Å²) < 4.78 is 1.81. The van der Waals surface area contributed by atoms with Crippen molar-refractivity contribution < 1.29 is 5.11 Å². The van der Waals surface area contributed by atoms with Gasteiger partial charge in [0.05, 0.1) is 5.69 Å². The molecule has 0 spiro atoms. The average Bonchev–Trinajstić information content (AvgIpc) is 2.92. The molecule has 0 aliphatic carbocycles. The van der Waals surface area contributed by atoms with E-state index in [9.17, 15) is 0 Å². The Morgan fingerprint density at radius 3 is 2.89 bits per heavy atom. The number of fused-ring (bicyclic) bond motifs is 3. The molecule has 3 aliphatic rings. The quantitative estimate of drug-likeness (QED) is 0.748. The Balaban J connectivity index is 1.48. The van der Waals surface area contributed by atoms with Crippen LogP contribution in [0.15, 0.2) is 6.20 Å². The molecular formula is C13H23N5O. The summed E-state index contributed by atoms with van der Waals surface area (Å²) in [6.07, 6.45) is 5.38. The first-order chi connectivity index (χ1) is 9.35. The van der Waals surface area contributed by atoms with E-state index in [-0.39, 0.29) is 6.61 Å². The molecular weight excluding hydrogens is 242 g/mol. The fourth-order valence-corrected chi connectivity index (χ4v) is 3.19. The number of nitrogens with one attached hydrogen (secondary N) is 1. The van der Waals surface area contributed by atoms with Gasteiger partial charge in [0.2, 0.25) is 0 Å². The molecule has 3 fully saturated rings. The van der Waals surface area contributed by atoms with Crippen LogP contribution in [-0.2, 0) is 13.1 Å². The van der Waals surface area contributed by atoms with Gasteiger partial charge in [-0.3, -0.25) is 4.68 Å². The van der Waals surface area contributed by atoms with Crippen molar-refractivity contribution in [1.82, 2.24) is 25.2 Å². The number of hydrogen-bond acceptors (Lipinski definition) is 5. The van der Waals surface area contributed by atoms with E-state index in [0.29, 0.717) is 6.04 Å². The summed E-state index contributed by atoms with van der Waals surface area (Å²) in [5.41, 5.74) is 0.995. The Morgan fingerprint density at radius 1 is 1.37 bits per heavy atom. The highest BCUT2D eigenvalue weighted by Gasteiger charge is 2.33. The van der Waals surface area contributed by atoms with Crippen LogP contribution in [0.25, 0.3) is 0 Å². The molecule has 0 radical (unpaired) electrons. The fourth-order valence-electron chi connectivity index (χ4n) is 3.19. The third-order valence-electron chi connectivity index (χ3n) is 4.33. The van der Waals surface area contributed by atoms with Crippen molar-refractivity contribution in [3.8, 4) is 0 Å². The summed E-state index contributed by atoms with van der Waals surface area (Å²) in [7, 11) is 0. The number of rotatable bonds is 6. The van der Waals surface area contributed by atoms with Crippen molar-refractivity contribution in [3.63, 3.8) is 0 Å². The molecule has 106 valence electrons. The molecule has 19 heavy (non-hydrogen) atoms. The lowest BCUT2D eigenvalue weighted by Crippen LogP contribution is -2.55. The van der Waals surface area contributed by atoms with Crippen molar-refractivity contribution in [3.05, 3.63) is 11.9 Å². The first-order valence-corrected chi connectivity index (χ1v) is 7.31. The van der Waals surface area contributed by atoms with E-state index in [4.69, 9.17) is 5.11 Å². The van der Waals surface area contributed by atoms with Gasteiger partial charge in [-0.2, -0.15) is 0 Å². The Labute approximate surface area is 113 Å². The van der Waals surface area contributed by atoms with E-state index in [0.717, 1.165) is 31.1 Å². The van der Waals surface area contributed by atoms with Crippen molar-refractivity contribution in [2.75, 3.05) is 26.2 Å². The van der Waals surface area contributed by atoms with Gasteiger partial charge in [0.15, 0.2) is 0 Å². The van der Waals surface area contributed by atoms with Crippen LogP contribution in [0, 0.1) is 5.92 Å². The zero-order valence-electron chi connectivity index (χ0n) is 11.3. The maximum absolute atomic E-state index is 8.79. The van der Waals surface area contributed by atoms with Crippen molar-refractivity contribution >= 4 is 0 Å². The first-order valence-electron chi connectivity index (χ1n) is 7.31. The lowest BCUT2D eigenvalue weighted by molar-refractivity contribution is 0.0718. The Kier molecular flexibility index (Phi) is 4.10. The molecule has 1 aromatic rings. The van der Waals surface area contributed by atoms with Crippen LogP contribution in [0.2, 0.25) is 0 Å². The molecule has 6 heteroatoms. The molecule has 3 aliphatic heterocycles. The number of nitrogens with zero attached hydrogens (tertiary/aromatic N) is 4. The molecule has 1 unspecified atom stereocenters. The smallest absolute Gasteiger partial charge is 0.0964 e. The van der Waals surface area contributed by atoms with Gasteiger partial charge in [-0.05, 0) is 38.3 Å². The maximum Gasteiger partial charge on any atom is 0.0964 e. The molecule has 0 amide bonds. The average molecular weight is 265 g/mol. The highest BCUT2D eigenvalue weighted by atomic mass is 16.3. The van der Waals surface area contributed by atoms with E-state index in [2.05, 4.69) is 20.5 Å². The molecule has 6 nitrogen and oxygen atoms in total. The SMILES string of the molecule is OCCCn1cc(CNC2CN3CCC2CC3)nn1. The van der Waals surface area contributed by atoms with Crippen LogP contribution < -0.4 is 5.32 Å². The zero-order chi connectivity index (χ0) is 13.1. The number of aryl methyl sites for hydroxylation is 1. The monoisotopic (exact) mass is 265 g/mol. The third-order valence-corrected chi connectivity index (χ3v) is 4.33. The standard InChI is InChI=1S/C13H23N5O/c19-7-1-4-18-9-12(15-16-18)8-14-13-10-17-5-2-11(13)3-6-17/h9,11,13-14,19H,1-8,10H2. The second-order valence-electron chi connectivity index (χ2n) is 5.68. The second-order valence-corrected chi connectivity index (χ2v) is 5.68. The summed E-state index contributed by atoms with van der Waals surface area (Å²) in [6.45, 7) is 5.48. The van der Waals surface area contributed by atoms with Gasteiger partial charge in [0, 0.05) is 38.5 Å². The molecule has 2 bridgehead atoms. The minimum Gasteiger partial charge on any atom is -0.396 e. The lowest BCUT2D eigenvalue weighted by Gasteiger charge is -2.45. The summed E-state index contributed by atoms with van der Waals surface area (Å²) >= 11 is 0. The molecule has 3 saturated heterocycles. The zero-order valence-corrected chi connectivity index (χ0v) is 11.3. The Bertz CT molecular complexity index is 399. The minimum atomic E-state index is 0.201. The van der Waals surface area contributed by atoms with Crippen LogP contribution in [0.5, 0.6) is 0 Å². The van der Waals surface area contributed by atoms with Crippen molar-refractivity contribution in [2.45, 2.75) is 38.4 Å². The predicted molar refractivity (Wildman–Crippen MR) is 71.5 cm³/mol. The Hall–Kier alpha value is -0.980. The number of piperidine rings is 3. The van der Waals surface area contributed by atoms with Gasteiger partial charge in [0.1, 0.15) is 0 Å². The van der Waals surface area contributed by atoms with Gasteiger partial charge >= 0.3 is 0 Å². The van der Waals surface area contributed by atoms with Gasteiger partial charge in [-0.1, -0.05) is 5.21 Å². The van der Waals surface area contributed by atoms with Crippen LogP contribution in [-0.4, -0.2) is 57.3 Å². The molecule has 0 saturated carbocycles. The molecule has 1 aromatic heterocycles. The number of aliphatic hydroxyl groups is 1. The van der Waals surface area contributed by atoms with E-state index >= 15 is 0 Å². The van der Waals surface area contributed by atoms with Crippen LogP contribution >= 0.6 is 0 Å².